The highest BCUT2D eigenvalue weighted by Crippen LogP contribution is 2.43. The second-order valence-corrected chi connectivity index (χ2v) is 20.2. The van der Waals surface area contributed by atoms with E-state index in [4.69, 9.17) is 9.47 Å². The van der Waals surface area contributed by atoms with Gasteiger partial charge in [0.05, 0.1) is 11.0 Å². The summed E-state index contributed by atoms with van der Waals surface area (Å²) in [6.07, 6.45) is -0.185. The Morgan fingerprint density at radius 2 is 1.39 bits per heavy atom. The van der Waals surface area contributed by atoms with Crippen LogP contribution in [0.15, 0.2) is 60.7 Å². The Labute approximate surface area is 410 Å². The first-order valence-electron chi connectivity index (χ1n) is 24.4. The van der Waals surface area contributed by atoms with Crippen LogP contribution in [0.5, 0.6) is 0 Å². The van der Waals surface area contributed by atoms with Gasteiger partial charge >= 0.3 is 24.3 Å². The van der Waals surface area contributed by atoms with Gasteiger partial charge in [-0.25, -0.2) is 14.6 Å². The van der Waals surface area contributed by atoms with E-state index in [1.54, 1.807) is 26.8 Å². The molecule has 4 aromatic rings. The van der Waals surface area contributed by atoms with Crippen LogP contribution in [-0.4, -0.2) is 81.9 Å². The van der Waals surface area contributed by atoms with Gasteiger partial charge in [0.25, 0.3) is 5.91 Å². The summed E-state index contributed by atoms with van der Waals surface area (Å²) in [5.74, 6) is -8.33. The molecule has 19 heteroatoms. The number of nitrogens with one attached hydrogen (secondary N) is 6. The molecule has 2 fully saturated rings. The van der Waals surface area contributed by atoms with Crippen molar-refractivity contribution in [2.45, 2.75) is 161 Å². The van der Waals surface area contributed by atoms with Gasteiger partial charge in [-0.05, 0) is 157 Å². The van der Waals surface area contributed by atoms with Crippen molar-refractivity contribution in [2.24, 2.45) is 11.8 Å². The van der Waals surface area contributed by atoms with Crippen LogP contribution in [0, 0.1) is 18.8 Å². The number of imidazole rings is 1. The summed E-state index contributed by atoms with van der Waals surface area (Å²) in [4.78, 5) is 71.3. The van der Waals surface area contributed by atoms with Crippen LogP contribution in [0.25, 0.3) is 22.2 Å². The number of anilines is 1. The van der Waals surface area contributed by atoms with Gasteiger partial charge < -0.3 is 41.0 Å². The number of H-pyrrole nitrogens is 1. The number of alkyl halides is 5. The molecule has 6 rings (SSSR count). The third-order valence-electron chi connectivity index (χ3n) is 13.6. The second kappa shape index (κ2) is 22.4. The number of aryl methyl sites for hydroxylation is 1. The third-order valence-corrected chi connectivity index (χ3v) is 13.6. The lowest BCUT2D eigenvalue weighted by molar-refractivity contribution is -0.292. The van der Waals surface area contributed by atoms with Gasteiger partial charge in [0.2, 0.25) is 11.8 Å². The van der Waals surface area contributed by atoms with Gasteiger partial charge in [-0.3, -0.25) is 14.4 Å². The van der Waals surface area contributed by atoms with Crippen LogP contribution in [0.3, 0.4) is 0 Å². The molecule has 386 valence electrons. The first-order chi connectivity index (χ1) is 33.3. The van der Waals surface area contributed by atoms with E-state index in [1.165, 1.54) is 18.2 Å². The smallest absolute Gasteiger partial charge is 0.444 e. The summed E-state index contributed by atoms with van der Waals surface area (Å²) in [6.45, 7) is 13.5. The maximum Gasteiger partial charge on any atom is 0.461 e. The summed E-state index contributed by atoms with van der Waals surface area (Å²) in [5, 5.41) is 14.5. The first kappa shape index (κ1) is 54.1. The van der Waals surface area contributed by atoms with E-state index in [0.717, 1.165) is 29.5 Å². The van der Waals surface area contributed by atoms with Gasteiger partial charge in [-0.1, -0.05) is 44.2 Å². The van der Waals surface area contributed by atoms with Crippen LogP contribution < -0.4 is 26.6 Å². The Kier molecular flexibility index (Phi) is 17.1. The molecule has 0 radical (unpaired) electrons. The van der Waals surface area contributed by atoms with Crippen LogP contribution in [-0.2, 0) is 31.4 Å². The van der Waals surface area contributed by atoms with Crippen molar-refractivity contribution in [1.29, 1.82) is 0 Å². The number of aromatic amines is 1. The molecule has 0 unspecified atom stereocenters. The number of fused-ring (bicyclic) bond motifs is 1. The number of amides is 5. The topological polar surface area (TPSA) is 193 Å². The van der Waals surface area contributed by atoms with Crippen LogP contribution in [0.2, 0.25) is 0 Å². The van der Waals surface area contributed by atoms with Crippen molar-refractivity contribution >= 4 is 46.6 Å². The average Bonchev–Trinajstić information content (AvgIpc) is 3.75. The minimum absolute atomic E-state index is 0.0264. The van der Waals surface area contributed by atoms with Crippen molar-refractivity contribution in [3.63, 3.8) is 0 Å². The van der Waals surface area contributed by atoms with E-state index in [-0.39, 0.29) is 53.0 Å². The van der Waals surface area contributed by atoms with Crippen molar-refractivity contribution in [2.75, 3.05) is 11.9 Å². The molecule has 3 aromatic carbocycles. The molecule has 6 N–H and O–H groups in total. The Hall–Kier alpha value is -6.27. The predicted octanol–water partition coefficient (Wildman–Crippen LogP) is 10.5. The van der Waals surface area contributed by atoms with E-state index < -0.39 is 59.2 Å². The molecular weight excluding hydrogens is 930 g/mol. The summed E-state index contributed by atoms with van der Waals surface area (Å²) >= 11 is 0. The third kappa shape index (κ3) is 14.4. The molecule has 71 heavy (non-hydrogen) atoms. The van der Waals surface area contributed by atoms with Gasteiger partial charge in [0, 0.05) is 42.2 Å². The predicted molar refractivity (Wildman–Crippen MR) is 259 cm³/mol. The van der Waals surface area contributed by atoms with Crippen molar-refractivity contribution in [3.05, 3.63) is 83.2 Å². The first-order valence-corrected chi connectivity index (χ1v) is 24.4. The number of benzene rings is 3. The number of carbonyl (C=O) groups is 5. The van der Waals surface area contributed by atoms with Gasteiger partial charge in [0.15, 0.2) is 5.82 Å². The van der Waals surface area contributed by atoms with E-state index in [9.17, 15) is 45.9 Å². The number of hydrogen-bond donors (Lipinski definition) is 6. The number of nitrogens with zero attached hydrogens (tertiary/aromatic N) is 1. The van der Waals surface area contributed by atoms with Crippen LogP contribution >= 0.6 is 0 Å². The minimum Gasteiger partial charge on any atom is -0.444 e. The summed E-state index contributed by atoms with van der Waals surface area (Å²) in [6, 6.07) is 15.3. The fourth-order valence-electron chi connectivity index (χ4n) is 8.92. The number of aromatic nitrogens is 2. The molecular formula is C52H66F5N7O7. The summed E-state index contributed by atoms with van der Waals surface area (Å²) < 4.78 is 78.5. The quantitative estimate of drug-likeness (QED) is 0.0597. The number of alkyl carbamates (subject to hydrolysis) is 2. The number of hydrogen-bond acceptors (Lipinski definition) is 8. The minimum atomic E-state index is -5.88. The normalized spacial score (nSPS) is 19.3. The Morgan fingerprint density at radius 1 is 0.761 bits per heavy atom. The van der Waals surface area contributed by atoms with Gasteiger partial charge in [-0.2, -0.15) is 22.0 Å². The van der Waals surface area contributed by atoms with Gasteiger partial charge in [-0.15, -0.1) is 0 Å². The molecule has 2 aliphatic carbocycles. The highest BCUT2D eigenvalue weighted by atomic mass is 19.4. The molecule has 2 aliphatic rings. The SMILES string of the molecule is CCC(C)(CC)OC(=O)NC1CCC(NC(=O)c2ccc(-c3ccc(C[C@H](NC(=O)C4CCC(CNC(=O)OC(C)(C)C)CC4)C(=O)Nc4ccc5nc(C(F)(F)C(F)(F)F)[nH]c5c4)cc3)c(C)c2)CC1. The highest BCUT2D eigenvalue weighted by molar-refractivity contribution is 5.99. The lowest BCUT2D eigenvalue weighted by atomic mass is 9.81. The largest absolute Gasteiger partial charge is 0.461 e. The Balaban J connectivity index is 1.09. The summed E-state index contributed by atoms with van der Waals surface area (Å²) in [5.41, 5.74) is 2.33. The Morgan fingerprint density at radius 3 is 1.99 bits per heavy atom. The maximum atomic E-state index is 14.1. The number of ether oxygens (including phenoxy) is 2. The van der Waals surface area contributed by atoms with E-state index >= 15 is 0 Å². The molecule has 2 saturated carbocycles. The van der Waals surface area contributed by atoms with Crippen molar-refractivity contribution in [3.8, 4) is 11.1 Å². The van der Waals surface area contributed by atoms with Gasteiger partial charge in [0.1, 0.15) is 17.2 Å². The molecule has 14 nitrogen and oxygen atoms in total. The molecule has 0 saturated heterocycles. The van der Waals surface area contributed by atoms with Crippen molar-refractivity contribution < 1.29 is 55.4 Å². The monoisotopic (exact) mass is 995 g/mol. The number of carbonyl (C=O) groups excluding carboxylic acids is 5. The average molecular weight is 996 g/mol. The molecule has 0 bridgehead atoms. The molecule has 0 aliphatic heterocycles. The number of rotatable bonds is 16. The molecule has 0 spiro atoms. The fraction of sp³-hybridized carbons (Fsp3) is 0.538. The molecule has 5 amide bonds. The van der Waals surface area contributed by atoms with Crippen LogP contribution in [0.1, 0.15) is 133 Å². The number of halogens is 5. The fourth-order valence-corrected chi connectivity index (χ4v) is 8.92. The highest BCUT2D eigenvalue weighted by Gasteiger charge is 2.61. The zero-order valence-electron chi connectivity index (χ0n) is 41.3. The van der Waals surface area contributed by atoms with E-state index in [0.29, 0.717) is 69.0 Å². The second-order valence-electron chi connectivity index (χ2n) is 20.2. The van der Waals surface area contributed by atoms with Crippen LogP contribution in [0.4, 0.5) is 37.2 Å². The van der Waals surface area contributed by atoms with Crippen molar-refractivity contribution in [1.82, 2.24) is 31.2 Å². The lowest BCUT2D eigenvalue weighted by Crippen LogP contribution is -2.48. The van der Waals surface area contributed by atoms with E-state index in [1.807, 2.05) is 69.1 Å². The Bertz CT molecular complexity index is 2520. The zero-order valence-corrected chi connectivity index (χ0v) is 41.3. The maximum absolute atomic E-state index is 14.1. The standard InChI is InChI=1S/C52H66F5N7O7/c1-8-50(7,9-2)71-48(69)61-37-21-19-36(20-22-37)59-44(66)35-18-24-39(30(3)26-35)33-14-10-31(11-15-33)27-42(62-43(65)34-16-12-32(13-17-34)29-58-47(68)70-49(4,5)6)45(67)60-38-23-25-40-41(28-38)64-46(63-40)51(53,54)52(55,56)57/h10-11,14-15,18,23-26,28,32,34,36-37,42H,8-9,12-13,16-17,19-22,27,29H2,1-7H3,(H,58,68)(H,59,66)(H,60,67)(H,61,69)(H,62,65)(H,63,64)/t32?,34?,36?,37?,42-/m0/s1. The zero-order chi connectivity index (χ0) is 51.9. The molecule has 1 atom stereocenters. The summed E-state index contributed by atoms with van der Waals surface area (Å²) in [7, 11) is 0. The molecule has 1 aromatic heterocycles. The lowest BCUT2D eigenvalue weighted by Gasteiger charge is -2.32. The van der Waals surface area contributed by atoms with E-state index in [2.05, 4.69) is 31.6 Å². The molecule has 1 heterocycles.